The van der Waals surface area contributed by atoms with Gasteiger partial charge in [-0.2, -0.15) is 0 Å². The zero-order valence-electron chi connectivity index (χ0n) is 20.2. The molecule has 2 aromatic carbocycles. The van der Waals surface area contributed by atoms with E-state index >= 15 is 0 Å². The Morgan fingerprint density at radius 1 is 1.11 bits per heavy atom. The Morgan fingerprint density at radius 3 is 2.51 bits per heavy atom. The van der Waals surface area contributed by atoms with Gasteiger partial charge in [0.05, 0.1) is 0 Å². The molecule has 184 valence electrons. The maximum Gasteiger partial charge on any atom is 0.407 e. The molecule has 0 bridgehead atoms. The lowest BCUT2D eigenvalue weighted by molar-refractivity contribution is -0.122. The molecule has 8 nitrogen and oxygen atoms in total. The van der Waals surface area contributed by atoms with Crippen LogP contribution in [0.5, 0.6) is 17.2 Å². The SMILES string of the molecule is CC(C)(C)N(C(=O)O)C(CCN1C(=O)C2(COc3cc4c(cc32)OCO4)c2ccccc21)C1CC1. The fraction of sp³-hybridized carbons (Fsp3) is 0.481. The molecule has 1 aliphatic carbocycles. The third kappa shape index (κ3) is 3.26. The summed E-state index contributed by atoms with van der Waals surface area (Å²) < 4.78 is 17.2. The number of carbonyl (C=O) groups is 2. The van der Waals surface area contributed by atoms with Crippen molar-refractivity contribution in [1.82, 2.24) is 4.90 Å². The minimum Gasteiger partial charge on any atom is -0.491 e. The highest BCUT2D eigenvalue weighted by molar-refractivity contribution is 6.11. The average molecular weight is 479 g/mol. The molecule has 1 fully saturated rings. The third-order valence-corrected chi connectivity index (χ3v) is 7.72. The molecule has 3 aliphatic heterocycles. The summed E-state index contributed by atoms with van der Waals surface area (Å²) in [6.45, 7) is 6.60. The summed E-state index contributed by atoms with van der Waals surface area (Å²) in [5, 5.41) is 10.0. The van der Waals surface area contributed by atoms with Gasteiger partial charge in [0.15, 0.2) is 11.5 Å². The van der Waals surface area contributed by atoms with Crippen LogP contribution < -0.4 is 19.1 Å². The monoisotopic (exact) mass is 478 g/mol. The zero-order valence-corrected chi connectivity index (χ0v) is 20.2. The van der Waals surface area contributed by atoms with Crippen LogP contribution in [0.3, 0.4) is 0 Å². The summed E-state index contributed by atoms with van der Waals surface area (Å²) in [4.78, 5) is 29.8. The molecule has 3 heterocycles. The molecule has 2 aromatic rings. The van der Waals surface area contributed by atoms with E-state index in [2.05, 4.69) is 0 Å². The van der Waals surface area contributed by atoms with Gasteiger partial charge in [0, 0.05) is 35.4 Å². The minimum atomic E-state index is -0.946. The molecule has 0 radical (unpaired) electrons. The van der Waals surface area contributed by atoms with Crippen molar-refractivity contribution in [2.45, 2.75) is 57.0 Å². The van der Waals surface area contributed by atoms with Crippen LogP contribution in [0.1, 0.15) is 51.2 Å². The van der Waals surface area contributed by atoms with Gasteiger partial charge in [0.1, 0.15) is 17.8 Å². The molecular weight excluding hydrogens is 448 g/mol. The molecular formula is C27H30N2O6. The van der Waals surface area contributed by atoms with Crippen molar-refractivity contribution in [1.29, 1.82) is 0 Å². The van der Waals surface area contributed by atoms with E-state index in [1.54, 1.807) is 4.90 Å². The van der Waals surface area contributed by atoms with Crippen LogP contribution in [0, 0.1) is 5.92 Å². The van der Waals surface area contributed by atoms with Crippen LogP contribution >= 0.6 is 0 Å². The number of nitrogens with zero attached hydrogens (tertiary/aromatic N) is 2. The molecule has 6 rings (SSSR count). The van der Waals surface area contributed by atoms with E-state index in [0.717, 1.165) is 29.7 Å². The van der Waals surface area contributed by atoms with E-state index in [1.165, 1.54) is 0 Å². The van der Waals surface area contributed by atoms with Gasteiger partial charge in [0.25, 0.3) is 0 Å². The lowest BCUT2D eigenvalue weighted by Gasteiger charge is -2.40. The summed E-state index contributed by atoms with van der Waals surface area (Å²) >= 11 is 0. The minimum absolute atomic E-state index is 0.0384. The largest absolute Gasteiger partial charge is 0.491 e. The molecule has 2 unspecified atom stereocenters. The Labute approximate surface area is 204 Å². The molecule has 0 saturated heterocycles. The predicted molar refractivity (Wildman–Crippen MR) is 128 cm³/mol. The summed E-state index contributed by atoms with van der Waals surface area (Å²) in [5.41, 5.74) is 1.10. The van der Waals surface area contributed by atoms with E-state index in [0.29, 0.717) is 36.1 Å². The second-order valence-corrected chi connectivity index (χ2v) is 10.9. The van der Waals surface area contributed by atoms with Gasteiger partial charge in [-0.15, -0.1) is 0 Å². The summed E-state index contributed by atoms with van der Waals surface area (Å²) in [6.07, 6.45) is 1.72. The highest BCUT2D eigenvalue weighted by Gasteiger charge is 2.57. The van der Waals surface area contributed by atoms with Gasteiger partial charge in [-0.3, -0.25) is 4.79 Å². The fourth-order valence-electron chi connectivity index (χ4n) is 6.03. The van der Waals surface area contributed by atoms with E-state index in [-0.39, 0.29) is 25.3 Å². The van der Waals surface area contributed by atoms with E-state index in [4.69, 9.17) is 14.2 Å². The number of hydrogen-bond donors (Lipinski definition) is 1. The first-order valence-corrected chi connectivity index (χ1v) is 12.2. The predicted octanol–water partition coefficient (Wildman–Crippen LogP) is 4.39. The fourth-order valence-corrected chi connectivity index (χ4v) is 6.03. The Balaban J connectivity index is 1.35. The van der Waals surface area contributed by atoms with Crippen molar-refractivity contribution in [3.8, 4) is 17.2 Å². The van der Waals surface area contributed by atoms with Gasteiger partial charge in [0.2, 0.25) is 12.7 Å². The van der Waals surface area contributed by atoms with Crippen molar-refractivity contribution in [2.75, 3.05) is 24.8 Å². The number of hydrogen-bond acceptors (Lipinski definition) is 5. The van der Waals surface area contributed by atoms with Gasteiger partial charge < -0.3 is 29.1 Å². The van der Waals surface area contributed by atoms with E-state index in [9.17, 15) is 14.7 Å². The molecule has 8 heteroatoms. The number of benzene rings is 2. The summed E-state index contributed by atoms with van der Waals surface area (Å²) in [7, 11) is 0. The molecule has 0 aromatic heterocycles. The number of carbonyl (C=O) groups excluding carboxylic acids is 1. The number of para-hydroxylation sites is 1. The number of fused-ring (bicyclic) bond motifs is 5. The second kappa shape index (κ2) is 7.54. The van der Waals surface area contributed by atoms with E-state index < -0.39 is 17.0 Å². The van der Waals surface area contributed by atoms with Crippen LogP contribution in [-0.2, 0) is 10.2 Å². The zero-order chi connectivity index (χ0) is 24.5. The van der Waals surface area contributed by atoms with Crippen molar-refractivity contribution >= 4 is 17.7 Å². The van der Waals surface area contributed by atoms with Crippen LogP contribution in [-0.4, -0.2) is 53.5 Å². The Bertz CT molecular complexity index is 1220. The lowest BCUT2D eigenvalue weighted by Crippen LogP contribution is -2.53. The standard InChI is InChI=1S/C27H30N2O6/c1-26(2,3)29(25(31)32)19(16-8-9-16)10-11-28-20-7-5-4-6-17(20)27(24(28)30)14-33-21-13-23-22(12-18(21)27)34-15-35-23/h4-7,12-13,16,19H,8-11,14-15H2,1-3H3,(H,31,32). The van der Waals surface area contributed by atoms with Gasteiger partial charge >= 0.3 is 6.09 Å². The molecule has 35 heavy (non-hydrogen) atoms. The molecule has 2 amide bonds. The topological polar surface area (TPSA) is 88.5 Å². The van der Waals surface area contributed by atoms with Crippen molar-refractivity contribution in [2.24, 2.45) is 5.92 Å². The normalized spacial score (nSPS) is 22.7. The van der Waals surface area contributed by atoms with Crippen molar-refractivity contribution < 1.29 is 28.9 Å². The summed E-state index contributed by atoms with van der Waals surface area (Å²) in [6, 6.07) is 11.4. The molecule has 1 saturated carbocycles. The first-order valence-electron chi connectivity index (χ1n) is 12.2. The first kappa shape index (κ1) is 22.1. The number of carboxylic acid groups (broad SMARTS) is 1. The van der Waals surface area contributed by atoms with Crippen molar-refractivity contribution in [3.05, 3.63) is 47.5 Å². The Morgan fingerprint density at radius 2 is 1.83 bits per heavy atom. The Hall–Kier alpha value is -3.42. The van der Waals surface area contributed by atoms with Gasteiger partial charge in [-0.1, -0.05) is 18.2 Å². The van der Waals surface area contributed by atoms with Gasteiger partial charge in [-0.25, -0.2) is 4.79 Å². The van der Waals surface area contributed by atoms with E-state index in [1.807, 2.05) is 62.1 Å². The highest BCUT2D eigenvalue weighted by Crippen LogP contribution is 2.55. The van der Waals surface area contributed by atoms with Crippen LogP contribution in [0.25, 0.3) is 0 Å². The summed E-state index contributed by atoms with van der Waals surface area (Å²) in [5.74, 6) is 2.18. The molecule has 1 spiro atoms. The van der Waals surface area contributed by atoms with Crippen molar-refractivity contribution in [3.63, 3.8) is 0 Å². The van der Waals surface area contributed by atoms with Crippen LogP contribution in [0.15, 0.2) is 36.4 Å². The number of rotatable bonds is 5. The number of amides is 2. The Kier molecular flexibility index (Phi) is 4.75. The third-order valence-electron chi connectivity index (χ3n) is 7.72. The maximum atomic E-state index is 14.2. The first-order chi connectivity index (χ1) is 16.7. The average Bonchev–Trinajstić information content (AvgIpc) is 3.36. The molecule has 2 atom stereocenters. The maximum absolute atomic E-state index is 14.2. The highest BCUT2D eigenvalue weighted by atomic mass is 16.7. The molecule has 4 aliphatic rings. The second-order valence-electron chi connectivity index (χ2n) is 10.9. The lowest BCUT2D eigenvalue weighted by atomic mass is 9.77. The quantitative estimate of drug-likeness (QED) is 0.686. The molecule has 1 N–H and O–H groups in total. The smallest absolute Gasteiger partial charge is 0.407 e. The number of anilines is 1. The van der Waals surface area contributed by atoms with Crippen LogP contribution in [0.2, 0.25) is 0 Å². The van der Waals surface area contributed by atoms with Gasteiger partial charge in [-0.05, 0) is 63.6 Å². The number of ether oxygens (including phenoxy) is 3. The van der Waals surface area contributed by atoms with Crippen LogP contribution in [0.4, 0.5) is 10.5 Å².